The number of amides is 3. The molecule has 0 unspecified atom stereocenters. The second kappa shape index (κ2) is 9.70. The Morgan fingerprint density at radius 3 is 1.81 bits per heavy atom. The average molecular weight is 303 g/mol. The topological polar surface area (TPSA) is 114 Å². The number of urea groups is 1. The van der Waals surface area contributed by atoms with Crippen LogP contribution in [0.15, 0.2) is 0 Å². The molecule has 0 rings (SSSR count). The highest BCUT2D eigenvalue weighted by Gasteiger charge is 2.19. The van der Waals surface area contributed by atoms with Crippen molar-refractivity contribution in [2.75, 3.05) is 33.9 Å². The minimum Gasteiger partial charge on any atom is -0.468 e. The highest BCUT2D eigenvalue weighted by atomic mass is 16.5. The number of carbonyl (C=O) groups excluding carboxylic acids is 4. The first-order chi connectivity index (χ1) is 9.78. The third-order valence-corrected chi connectivity index (χ3v) is 2.20. The van der Waals surface area contributed by atoms with Gasteiger partial charge in [-0.25, -0.2) is 4.79 Å². The Morgan fingerprint density at radius 2 is 1.43 bits per heavy atom. The Labute approximate surface area is 122 Å². The molecule has 2 N–H and O–H groups in total. The van der Waals surface area contributed by atoms with Gasteiger partial charge in [-0.3, -0.25) is 24.6 Å². The molecule has 0 aromatic heterocycles. The molecule has 0 radical (unpaired) electrons. The Hall–Kier alpha value is -2.16. The van der Waals surface area contributed by atoms with Gasteiger partial charge in [-0.15, -0.1) is 0 Å². The first-order valence-corrected chi connectivity index (χ1v) is 6.24. The Kier molecular flexibility index (Phi) is 8.70. The summed E-state index contributed by atoms with van der Waals surface area (Å²) in [6.07, 6.45) is 0. The van der Waals surface area contributed by atoms with E-state index in [0.717, 1.165) is 0 Å². The van der Waals surface area contributed by atoms with Crippen LogP contribution in [0, 0.1) is 0 Å². The molecule has 120 valence electrons. The van der Waals surface area contributed by atoms with Crippen molar-refractivity contribution >= 4 is 23.9 Å². The van der Waals surface area contributed by atoms with Crippen LogP contribution in [0.5, 0.6) is 0 Å². The number of carbonyl (C=O) groups is 4. The number of rotatable bonds is 7. The number of nitrogens with zero attached hydrogens (tertiary/aromatic N) is 1. The van der Waals surface area contributed by atoms with E-state index in [9.17, 15) is 19.2 Å². The molecule has 0 aliphatic rings. The lowest BCUT2D eigenvalue weighted by molar-refractivity contribution is -0.145. The lowest BCUT2D eigenvalue weighted by Gasteiger charge is -2.19. The summed E-state index contributed by atoms with van der Waals surface area (Å²) < 4.78 is 8.93. The van der Waals surface area contributed by atoms with E-state index in [0.29, 0.717) is 0 Å². The number of hydrogen-bond acceptors (Lipinski definition) is 7. The molecule has 0 aliphatic heterocycles. The standard InChI is InChI=1S/C12H21N3O6/c1-8(2)13-12(19)14-9(16)5-15(6-10(17)20-3)7-11(18)21-4/h8H,5-7H2,1-4H3,(H2,13,14,16,19). The monoisotopic (exact) mass is 303 g/mol. The van der Waals surface area contributed by atoms with E-state index < -0.39 is 23.9 Å². The van der Waals surface area contributed by atoms with Crippen LogP contribution in [-0.2, 0) is 23.9 Å². The highest BCUT2D eigenvalue weighted by Crippen LogP contribution is 1.92. The molecule has 0 heterocycles. The van der Waals surface area contributed by atoms with Crippen LogP contribution < -0.4 is 10.6 Å². The predicted molar refractivity (Wildman–Crippen MR) is 72.3 cm³/mol. The molecule has 0 bridgehead atoms. The molecule has 21 heavy (non-hydrogen) atoms. The van der Waals surface area contributed by atoms with E-state index in [1.165, 1.54) is 19.1 Å². The van der Waals surface area contributed by atoms with Crippen LogP contribution in [-0.4, -0.2) is 68.7 Å². The maximum absolute atomic E-state index is 11.7. The van der Waals surface area contributed by atoms with Gasteiger partial charge < -0.3 is 14.8 Å². The number of nitrogens with one attached hydrogen (secondary N) is 2. The second-order valence-corrected chi connectivity index (χ2v) is 4.47. The first kappa shape index (κ1) is 18.8. The Morgan fingerprint density at radius 1 is 0.952 bits per heavy atom. The summed E-state index contributed by atoms with van der Waals surface area (Å²) in [6, 6.07) is -0.773. The molecule has 9 heteroatoms. The van der Waals surface area contributed by atoms with Gasteiger partial charge in [0.25, 0.3) is 0 Å². The van der Waals surface area contributed by atoms with Crippen LogP contribution in [0.1, 0.15) is 13.8 Å². The van der Waals surface area contributed by atoms with E-state index in [1.54, 1.807) is 13.8 Å². The molecule has 0 saturated heterocycles. The third kappa shape index (κ3) is 9.38. The molecule has 0 saturated carbocycles. The molecular weight excluding hydrogens is 282 g/mol. The van der Waals surface area contributed by atoms with Gasteiger partial charge in [0.15, 0.2) is 0 Å². The van der Waals surface area contributed by atoms with Gasteiger partial charge >= 0.3 is 18.0 Å². The third-order valence-electron chi connectivity index (χ3n) is 2.20. The summed E-state index contributed by atoms with van der Waals surface area (Å²) in [5.41, 5.74) is 0. The SMILES string of the molecule is COC(=O)CN(CC(=O)NC(=O)NC(C)C)CC(=O)OC. The fourth-order valence-electron chi connectivity index (χ4n) is 1.33. The summed E-state index contributed by atoms with van der Waals surface area (Å²) >= 11 is 0. The Bertz CT molecular complexity index is 378. The van der Waals surface area contributed by atoms with Crippen molar-refractivity contribution in [3.63, 3.8) is 0 Å². The van der Waals surface area contributed by atoms with E-state index in [2.05, 4.69) is 20.1 Å². The van der Waals surface area contributed by atoms with E-state index in [4.69, 9.17) is 0 Å². The number of methoxy groups -OCH3 is 2. The smallest absolute Gasteiger partial charge is 0.321 e. The van der Waals surface area contributed by atoms with Crippen molar-refractivity contribution in [3.8, 4) is 0 Å². The summed E-state index contributed by atoms with van der Waals surface area (Å²) in [5, 5.41) is 4.57. The summed E-state index contributed by atoms with van der Waals surface area (Å²) in [7, 11) is 2.38. The van der Waals surface area contributed by atoms with E-state index in [-0.39, 0.29) is 25.7 Å². The fourth-order valence-corrected chi connectivity index (χ4v) is 1.33. The maximum atomic E-state index is 11.7. The zero-order valence-electron chi connectivity index (χ0n) is 12.6. The number of esters is 2. The first-order valence-electron chi connectivity index (χ1n) is 6.24. The molecule has 0 aliphatic carbocycles. The number of ether oxygens (including phenoxy) is 2. The molecular formula is C12H21N3O6. The zero-order valence-corrected chi connectivity index (χ0v) is 12.6. The fraction of sp³-hybridized carbons (Fsp3) is 0.667. The van der Waals surface area contributed by atoms with Crippen molar-refractivity contribution in [1.29, 1.82) is 0 Å². The van der Waals surface area contributed by atoms with Gasteiger partial charge in [-0.05, 0) is 13.8 Å². The molecule has 9 nitrogen and oxygen atoms in total. The van der Waals surface area contributed by atoms with E-state index >= 15 is 0 Å². The predicted octanol–water partition coefficient (Wildman–Crippen LogP) is -1.13. The van der Waals surface area contributed by atoms with Gasteiger partial charge in [0.1, 0.15) is 0 Å². The van der Waals surface area contributed by atoms with Gasteiger partial charge in [0.05, 0.1) is 33.9 Å². The van der Waals surface area contributed by atoms with Crippen LogP contribution in [0.25, 0.3) is 0 Å². The van der Waals surface area contributed by atoms with E-state index in [1.807, 2.05) is 0 Å². The Balaban J connectivity index is 4.49. The van der Waals surface area contributed by atoms with Crippen LogP contribution in [0.4, 0.5) is 4.79 Å². The number of imide groups is 1. The summed E-state index contributed by atoms with van der Waals surface area (Å²) in [6.45, 7) is 2.61. The van der Waals surface area contributed by atoms with Crippen LogP contribution in [0.2, 0.25) is 0 Å². The zero-order chi connectivity index (χ0) is 16.4. The van der Waals surface area contributed by atoms with Crippen molar-refractivity contribution in [2.24, 2.45) is 0 Å². The van der Waals surface area contributed by atoms with Crippen molar-refractivity contribution in [3.05, 3.63) is 0 Å². The van der Waals surface area contributed by atoms with Crippen LogP contribution in [0.3, 0.4) is 0 Å². The molecule has 0 fully saturated rings. The molecule has 0 atom stereocenters. The molecule has 0 aromatic rings. The summed E-state index contributed by atoms with van der Waals surface area (Å²) in [5.74, 6) is -1.88. The maximum Gasteiger partial charge on any atom is 0.321 e. The van der Waals surface area contributed by atoms with Gasteiger partial charge in [-0.1, -0.05) is 0 Å². The van der Waals surface area contributed by atoms with Crippen molar-refractivity contribution in [1.82, 2.24) is 15.5 Å². The van der Waals surface area contributed by atoms with Crippen molar-refractivity contribution < 1.29 is 28.7 Å². The van der Waals surface area contributed by atoms with Gasteiger partial charge in [-0.2, -0.15) is 0 Å². The normalized spacial score (nSPS) is 10.2. The lowest BCUT2D eigenvalue weighted by Crippen LogP contribution is -2.48. The summed E-state index contributed by atoms with van der Waals surface area (Å²) in [4.78, 5) is 46.7. The highest BCUT2D eigenvalue weighted by molar-refractivity contribution is 5.95. The minimum absolute atomic E-state index is 0.126. The minimum atomic E-state index is -0.652. The van der Waals surface area contributed by atoms with Gasteiger partial charge in [0.2, 0.25) is 5.91 Å². The molecule has 0 spiro atoms. The molecule has 3 amide bonds. The second-order valence-electron chi connectivity index (χ2n) is 4.47. The van der Waals surface area contributed by atoms with Gasteiger partial charge in [0, 0.05) is 6.04 Å². The lowest BCUT2D eigenvalue weighted by atomic mass is 10.4. The molecule has 0 aromatic carbocycles. The largest absolute Gasteiger partial charge is 0.468 e. The quantitative estimate of drug-likeness (QED) is 0.572. The van der Waals surface area contributed by atoms with Crippen LogP contribution >= 0.6 is 0 Å². The average Bonchev–Trinajstić information content (AvgIpc) is 2.36. The van der Waals surface area contributed by atoms with Crippen molar-refractivity contribution in [2.45, 2.75) is 19.9 Å². The number of hydrogen-bond donors (Lipinski definition) is 2.